The van der Waals surface area contributed by atoms with Crippen molar-refractivity contribution in [1.82, 2.24) is 9.47 Å². The predicted octanol–water partition coefficient (Wildman–Crippen LogP) is 4.51. The van der Waals surface area contributed by atoms with E-state index in [1.54, 1.807) is 11.5 Å². The first kappa shape index (κ1) is 22.6. The van der Waals surface area contributed by atoms with Gasteiger partial charge in [0.05, 0.1) is 36.0 Å². The first-order chi connectivity index (χ1) is 15.5. The molecule has 1 aromatic carbocycles. The minimum Gasteiger partial charge on any atom is -0.493 e. The molecule has 1 fully saturated rings. The van der Waals surface area contributed by atoms with Gasteiger partial charge in [-0.05, 0) is 36.6 Å². The van der Waals surface area contributed by atoms with Crippen molar-refractivity contribution in [3.05, 3.63) is 45.1 Å². The molecule has 1 aliphatic heterocycles. The Morgan fingerprint density at radius 3 is 2.88 bits per heavy atom. The molecule has 0 atom stereocenters. The molecule has 1 aliphatic rings. The summed E-state index contributed by atoms with van der Waals surface area (Å²) in [5.41, 5.74) is 1.71. The van der Waals surface area contributed by atoms with Crippen molar-refractivity contribution in [2.45, 2.75) is 13.6 Å². The van der Waals surface area contributed by atoms with Crippen molar-refractivity contribution in [2.75, 3.05) is 32.9 Å². The zero-order valence-corrected chi connectivity index (χ0v) is 19.8. The van der Waals surface area contributed by atoms with Gasteiger partial charge in [-0.15, -0.1) is 21.6 Å². The molecule has 32 heavy (non-hydrogen) atoms. The van der Waals surface area contributed by atoms with Crippen LogP contribution in [0.2, 0.25) is 0 Å². The van der Waals surface area contributed by atoms with Gasteiger partial charge >= 0.3 is 5.91 Å². The van der Waals surface area contributed by atoms with Gasteiger partial charge in [0.1, 0.15) is 0 Å². The van der Waals surface area contributed by atoms with Crippen molar-refractivity contribution in [1.29, 1.82) is 0 Å². The van der Waals surface area contributed by atoms with E-state index in [0.717, 1.165) is 28.0 Å². The first-order valence-corrected chi connectivity index (χ1v) is 11.7. The lowest BCUT2D eigenvalue weighted by molar-refractivity contribution is -0.122. The van der Waals surface area contributed by atoms with E-state index in [4.69, 9.17) is 9.57 Å². The van der Waals surface area contributed by atoms with Gasteiger partial charge in [0.25, 0.3) is 0 Å². The lowest BCUT2D eigenvalue weighted by atomic mass is 10.2. The summed E-state index contributed by atoms with van der Waals surface area (Å²) in [5, 5.41) is 25.2. The van der Waals surface area contributed by atoms with E-state index in [1.807, 2.05) is 35.7 Å². The molecule has 0 unspecified atom stereocenters. The second-order valence-electron chi connectivity index (χ2n) is 7.15. The van der Waals surface area contributed by atoms with E-state index in [0.29, 0.717) is 31.0 Å². The lowest BCUT2D eigenvalue weighted by Gasteiger charge is -2.27. The number of hydrogen-bond acceptors (Lipinski definition) is 8. The largest absolute Gasteiger partial charge is 0.493 e. The van der Waals surface area contributed by atoms with Crippen molar-refractivity contribution >= 4 is 55.5 Å². The summed E-state index contributed by atoms with van der Waals surface area (Å²) >= 11 is 4.99. The van der Waals surface area contributed by atoms with Crippen LogP contribution in [0.15, 0.2) is 55.6 Å². The second kappa shape index (κ2) is 10.3. The number of ether oxygens (including phenoxy) is 1. The molecule has 3 heterocycles. The Kier molecular flexibility index (Phi) is 7.30. The molecule has 1 N–H and O–H groups in total. The summed E-state index contributed by atoms with van der Waals surface area (Å²) in [6.45, 7) is 4.79. The molecule has 4 rings (SSSR count). The molecule has 0 radical (unpaired) electrons. The maximum absolute atomic E-state index is 12.2. The standard InChI is InChI=1S/C21H22BrN5O4S/c1-14(18-3-2-10-32-18)25-31-12-19(28)23-24-20-16-11-15(22)4-5-17(16)27(21(20)29)13-26-6-8-30-9-7-26/h2-5,10-11,29H,6-9,12-13H2,1H3/b24-23?,25-14-. The van der Waals surface area contributed by atoms with Crippen molar-refractivity contribution in [2.24, 2.45) is 15.4 Å². The highest BCUT2D eigenvalue weighted by Gasteiger charge is 2.20. The van der Waals surface area contributed by atoms with Gasteiger partial charge in [-0.3, -0.25) is 14.3 Å². The SMILES string of the molecule is C/C(=N/OCC(=O)N=Nc1c(O)n(CN2CCOCC2)c2ccc(Br)cc12)c1cccs1. The Labute approximate surface area is 197 Å². The zero-order chi connectivity index (χ0) is 22.5. The molecule has 9 nitrogen and oxygen atoms in total. The minimum absolute atomic E-state index is 0.0476. The number of thiophene rings is 1. The van der Waals surface area contributed by atoms with Crippen LogP contribution in [0.3, 0.4) is 0 Å². The number of carbonyl (C=O) groups is 1. The van der Waals surface area contributed by atoms with Crippen LogP contribution in [0.1, 0.15) is 11.8 Å². The summed E-state index contributed by atoms with van der Waals surface area (Å²) in [7, 11) is 0. The van der Waals surface area contributed by atoms with Crippen LogP contribution >= 0.6 is 27.3 Å². The van der Waals surface area contributed by atoms with Crippen LogP contribution in [0.25, 0.3) is 10.9 Å². The topological polar surface area (TPSA) is 101 Å². The average molecular weight is 520 g/mol. The summed E-state index contributed by atoms with van der Waals surface area (Å²) in [4.78, 5) is 20.4. The number of benzene rings is 1. The van der Waals surface area contributed by atoms with E-state index < -0.39 is 5.91 Å². The number of morpholine rings is 1. The lowest BCUT2D eigenvalue weighted by Crippen LogP contribution is -2.37. The number of nitrogens with zero attached hydrogens (tertiary/aromatic N) is 5. The molecule has 0 spiro atoms. The van der Waals surface area contributed by atoms with Gasteiger partial charge in [-0.2, -0.15) is 0 Å². The molecular formula is C21H22BrN5O4S. The Hall–Kier alpha value is -2.60. The molecule has 3 aromatic rings. The summed E-state index contributed by atoms with van der Waals surface area (Å²) in [6.07, 6.45) is 0. The maximum Gasteiger partial charge on any atom is 0.304 e. The highest BCUT2D eigenvalue weighted by molar-refractivity contribution is 9.10. The van der Waals surface area contributed by atoms with Crippen LogP contribution in [-0.4, -0.2) is 59.1 Å². The molecule has 1 amide bonds. The van der Waals surface area contributed by atoms with Crippen LogP contribution < -0.4 is 0 Å². The monoisotopic (exact) mass is 519 g/mol. The summed E-state index contributed by atoms with van der Waals surface area (Å²) < 4.78 is 7.99. The Morgan fingerprint density at radius 1 is 1.31 bits per heavy atom. The van der Waals surface area contributed by atoms with E-state index in [-0.39, 0.29) is 18.2 Å². The zero-order valence-electron chi connectivity index (χ0n) is 17.4. The third kappa shape index (κ3) is 5.23. The third-order valence-corrected chi connectivity index (χ3v) is 6.42. The molecule has 0 aliphatic carbocycles. The normalized spacial score (nSPS) is 15.6. The highest BCUT2D eigenvalue weighted by atomic mass is 79.9. The Bertz CT molecular complexity index is 1150. The van der Waals surface area contributed by atoms with Crippen LogP contribution in [0.4, 0.5) is 5.69 Å². The van der Waals surface area contributed by atoms with Crippen molar-refractivity contribution in [3.63, 3.8) is 0 Å². The molecule has 2 aromatic heterocycles. The summed E-state index contributed by atoms with van der Waals surface area (Å²) in [5.74, 6) is -0.648. The quantitative estimate of drug-likeness (QED) is 0.281. The average Bonchev–Trinajstić information content (AvgIpc) is 3.41. The number of azo groups is 1. The van der Waals surface area contributed by atoms with Crippen LogP contribution in [0.5, 0.6) is 5.88 Å². The molecule has 1 saturated heterocycles. The smallest absolute Gasteiger partial charge is 0.304 e. The number of aromatic hydroxyl groups is 1. The fourth-order valence-corrected chi connectivity index (χ4v) is 4.36. The Morgan fingerprint density at radius 2 is 2.12 bits per heavy atom. The Balaban J connectivity index is 1.50. The number of amides is 1. The number of oxime groups is 1. The van der Waals surface area contributed by atoms with Gasteiger partial charge < -0.3 is 14.7 Å². The second-order valence-corrected chi connectivity index (χ2v) is 9.02. The predicted molar refractivity (Wildman–Crippen MR) is 126 cm³/mol. The maximum atomic E-state index is 12.2. The highest BCUT2D eigenvalue weighted by Crippen LogP contribution is 2.40. The first-order valence-electron chi connectivity index (χ1n) is 9.99. The van der Waals surface area contributed by atoms with Gasteiger partial charge in [-0.25, -0.2) is 0 Å². The number of halogens is 1. The van der Waals surface area contributed by atoms with E-state index in [9.17, 15) is 9.90 Å². The molecular weight excluding hydrogens is 498 g/mol. The van der Waals surface area contributed by atoms with Gasteiger partial charge in [0.2, 0.25) is 5.88 Å². The van der Waals surface area contributed by atoms with Crippen LogP contribution in [0, 0.1) is 0 Å². The number of hydrogen-bond donors (Lipinski definition) is 1. The molecule has 168 valence electrons. The molecule has 11 heteroatoms. The van der Waals surface area contributed by atoms with Crippen LogP contribution in [-0.2, 0) is 21.0 Å². The molecule has 0 saturated carbocycles. The fourth-order valence-electron chi connectivity index (χ4n) is 3.33. The molecule has 0 bridgehead atoms. The third-order valence-electron chi connectivity index (χ3n) is 4.95. The van der Waals surface area contributed by atoms with Gasteiger partial charge in [0.15, 0.2) is 12.3 Å². The minimum atomic E-state index is -0.601. The van der Waals surface area contributed by atoms with Gasteiger partial charge in [0, 0.05) is 22.9 Å². The number of carbonyl (C=O) groups excluding carboxylic acids is 1. The van der Waals surface area contributed by atoms with Crippen molar-refractivity contribution in [3.8, 4) is 5.88 Å². The number of rotatable bonds is 7. The fraction of sp³-hybridized carbons (Fsp3) is 0.333. The van der Waals surface area contributed by atoms with E-state index in [2.05, 4.69) is 36.2 Å². The summed E-state index contributed by atoms with van der Waals surface area (Å²) in [6, 6.07) is 9.46. The van der Waals surface area contributed by atoms with Gasteiger partial charge in [-0.1, -0.05) is 27.2 Å². The number of aromatic nitrogens is 1. The van der Waals surface area contributed by atoms with E-state index >= 15 is 0 Å². The van der Waals surface area contributed by atoms with E-state index in [1.165, 1.54) is 11.3 Å². The number of fused-ring (bicyclic) bond motifs is 1. The van der Waals surface area contributed by atoms with Crippen molar-refractivity contribution < 1.29 is 19.5 Å².